The zero-order chi connectivity index (χ0) is 30.9. The standard InChI is InChI=1S/C32H24F3N7O2S/c33-20-16-22(18-23(17-20)41-9-12-44-13-10-41)38-31-36-8-7-26(39-31)29-28(40-32-42(29)11-14-45-32)19-3-1-4-21(15-19)37-30(43)27-24(34)5-2-6-25(27)35/h1-8,11,14-18H,9-10,12-13H2,(H,37,43)(H,36,38,39). The van der Waals surface area contributed by atoms with Crippen molar-refractivity contribution >= 4 is 45.2 Å². The van der Waals surface area contributed by atoms with Gasteiger partial charge in [0, 0.05) is 53.5 Å². The third-order valence-electron chi connectivity index (χ3n) is 7.26. The molecule has 0 aliphatic carbocycles. The second-order valence-electron chi connectivity index (χ2n) is 10.2. The summed E-state index contributed by atoms with van der Waals surface area (Å²) in [5.74, 6) is -2.95. The number of halogens is 3. The number of amides is 1. The maximum absolute atomic E-state index is 14.6. The lowest BCUT2D eigenvalue weighted by Crippen LogP contribution is -2.36. The average molecular weight is 628 g/mol. The number of carbonyl (C=O) groups excluding carboxylic acids is 1. The smallest absolute Gasteiger partial charge is 0.261 e. The second-order valence-corrected chi connectivity index (χ2v) is 11.1. The van der Waals surface area contributed by atoms with Gasteiger partial charge in [-0.1, -0.05) is 18.2 Å². The summed E-state index contributed by atoms with van der Waals surface area (Å²) >= 11 is 1.44. The van der Waals surface area contributed by atoms with E-state index in [0.29, 0.717) is 65.3 Å². The SMILES string of the molecule is O=C(Nc1cccc(-c2nc3sccn3c2-c2ccnc(Nc3cc(F)cc(N4CCOCC4)c3)n2)c1)c1c(F)cccc1F. The number of benzene rings is 3. The molecule has 6 aromatic rings. The molecule has 3 aromatic carbocycles. The first-order valence-electron chi connectivity index (χ1n) is 14.0. The monoisotopic (exact) mass is 627 g/mol. The van der Waals surface area contributed by atoms with Crippen molar-refractivity contribution in [1.82, 2.24) is 19.4 Å². The fraction of sp³-hybridized carbons (Fsp3) is 0.125. The van der Waals surface area contributed by atoms with E-state index in [0.717, 1.165) is 17.8 Å². The zero-order valence-corrected chi connectivity index (χ0v) is 24.3. The Hall–Kier alpha value is -5.27. The molecule has 1 aliphatic heterocycles. The molecule has 4 heterocycles. The molecule has 9 nitrogen and oxygen atoms in total. The Balaban J connectivity index is 1.21. The van der Waals surface area contributed by atoms with Crippen LogP contribution in [0.5, 0.6) is 0 Å². The van der Waals surface area contributed by atoms with Gasteiger partial charge in [0.2, 0.25) is 5.95 Å². The van der Waals surface area contributed by atoms with Crippen molar-refractivity contribution in [3.8, 4) is 22.6 Å². The van der Waals surface area contributed by atoms with E-state index in [4.69, 9.17) is 14.7 Å². The van der Waals surface area contributed by atoms with Crippen molar-refractivity contribution in [1.29, 1.82) is 0 Å². The fourth-order valence-electron chi connectivity index (χ4n) is 5.21. The lowest BCUT2D eigenvalue weighted by atomic mass is 10.1. The van der Waals surface area contributed by atoms with Gasteiger partial charge in [-0.05, 0) is 48.5 Å². The predicted molar refractivity (Wildman–Crippen MR) is 167 cm³/mol. The summed E-state index contributed by atoms with van der Waals surface area (Å²) in [6, 6.07) is 16.5. The van der Waals surface area contributed by atoms with E-state index in [1.165, 1.54) is 29.5 Å². The minimum absolute atomic E-state index is 0.259. The van der Waals surface area contributed by atoms with Crippen molar-refractivity contribution in [2.75, 3.05) is 41.8 Å². The molecule has 1 saturated heterocycles. The molecule has 0 radical (unpaired) electrons. The molecule has 1 aliphatic rings. The Morgan fingerprint density at radius 2 is 1.71 bits per heavy atom. The van der Waals surface area contributed by atoms with Crippen LogP contribution in [-0.4, -0.2) is 51.6 Å². The minimum Gasteiger partial charge on any atom is -0.378 e. The molecule has 0 atom stereocenters. The summed E-state index contributed by atoms with van der Waals surface area (Å²) in [4.78, 5) is 29.4. The van der Waals surface area contributed by atoms with Gasteiger partial charge < -0.3 is 20.3 Å². The minimum atomic E-state index is -0.955. The number of imidazole rings is 1. The number of hydrogen-bond acceptors (Lipinski definition) is 8. The molecule has 0 bridgehead atoms. The Morgan fingerprint density at radius 3 is 2.53 bits per heavy atom. The quantitative estimate of drug-likeness (QED) is 0.202. The summed E-state index contributed by atoms with van der Waals surface area (Å²) in [6.07, 6.45) is 3.47. The number of thiazole rings is 1. The van der Waals surface area contributed by atoms with Crippen molar-refractivity contribution in [3.05, 3.63) is 108 Å². The Labute approximate surface area is 259 Å². The van der Waals surface area contributed by atoms with Gasteiger partial charge in [-0.2, -0.15) is 0 Å². The van der Waals surface area contributed by atoms with Crippen LogP contribution >= 0.6 is 11.3 Å². The number of morpholine rings is 1. The highest BCUT2D eigenvalue weighted by molar-refractivity contribution is 7.15. The van der Waals surface area contributed by atoms with Crippen LogP contribution in [0.3, 0.4) is 0 Å². The summed E-state index contributed by atoms with van der Waals surface area (Å²) in [6.45, 7) is 2.49. The van der Waals surface area contributed by atoms with Gasteiger partial charge in [-0.3, -0.25) is 9.20 Å². The lowest BCUT2D eigenvalue weighted by Gasteiger charge is -2.29. The first-order valence-corrected chi connectivity index (χ1v) is 14.9. The van der Waals surface area contributed by atoms with Crippen LogP contribution in [0.1, 0.15) is 10.4 Å². The van der Waals surface area contributed by atoms with Crippen LogP contribution in [0.25, 0.3) is 27.6 Å². The molecule has 45 heavy (non-hydrogen) atoms. The van der Waals surface area contributed by atoms with E-state index in [2.05, 4.69) is 20.5 Å². The number of ether oxygens (including phenoxy) is 1. The number of rotatable bonds is 7. The van der Waals surface area contributed by atoms with Crippen LogP contribution in [-0.2, 0) is 4.74 Å². The molecule has 226 valence electrons. The number of aromatic nitrogens is 4. The molecule has 2 N–H and O–H groups in total. The van der Waals surface area contributed by atoms with E-state index in [9.17, 15) is 18.0 Å². The third kappa shape index (κ3) is 5.82. The number of hydrogen-bond donors (Lipinski definition) is 2. The first kappa shape index (κ1) is 28.5. The molecule has 1 amide bonds. The number of fused-ring (bicyclic) bond motifs is 1. The van der Waals surface area contributed by atoms with Crippen LogP contribution in [0.2, 0.25) is 0 Å². The Morgan fingerprint density at radius 1 is 0.911 bits per heavy atom. The van der Waals surface area contributed by atoms with Crippen LogP contribution in [0.15, 0.2) is 84.5 Å². The molecular formula is C32H24F3N7O2S. The van der Waals surface area contributed by atoms with E-state index in [-0.39, 0.29) is 11.8 Å². The number of nitrogens with one attached hydrogen (secondary N) is 2. The van der Waals surface area contributed by atoms with Crippen molar-refractivity contribution < 1.29 is 22.7 Å². The molecule has 3 aromatic heterocycles. The zero-order valence-electron chi connectivity index (χ0n) is 23.5. The van der Waals surface area contributed by atoms with Gasteiger partial charge in [-0.25, -0.2) is 28.1 Å². The number of carbonyl (C=O) groups is 1. The number of anilines is 4. The summed E-state index contributed by atoms with van der Waals surface area (Å²) in [5, 5.41) is 7.60. The van der Waals surface area contributed by atoms with Gasteiger partial charge in [0.25, 0.3) is 5.91 Å². The van der Waals surface area contributed by atoms with Crippen LogP contribution in [0, 0.1) is 17.5 Å². The lowest BCUT2D eigenvalue weighted by molar-refractivity contribution is 0.101. The second kappa shape index (κ2) is 12.0. The van der Waals surface area contributed by atoms with Gasteiger partial charge in [0.15, 0.2) is 4.96 Å². The van der Waals surface area contributed by atoms with E-state index < -0.39 is 23.1 Å². The van der Waals surface area contributed by atoms with Crippen molar-refractivity contribution in [3.63, 3.8) is 0 Å². The summed E-state index contributed by atoms with van der Waals surface area (Å²) in [5.41, 5.74) is 3.31. The number of nitrogens with zero attached hydrogens (tertiary/aromatic N) is 5. The van der Waals surface area contributed by atoms with E-state index in [1.54, 1.807) is 30.5 Å². The maximum atomic E-state index is 14.6. The van der Waals surface area contributed by atoms with Gasteiger partial charge in [-0.15, -0.1) is 11.3 Å². The Kier molecular flexibility index (Phi) is 7.61. The topological polar surface area (TPSA) is 96.7 Å². The highest BCUT2D eigenvalue weighted by Gasteiger charge is 2.21. The van der Waals surface area contributed by atoms with Crippen molar-refractivity contribution in [2.45, 2.75) is 0 Å². The molecule has 7 rings (SSSR count). The highest BCUT2D eigenvalue weighted by Crippen LogP contribution is 2.35. The van der Waals surface area contributed by atoms with Gasteiger partial charge in [0.1, 0.15) is 28.7 Å². The fourth-order valence-corrected chi connectivity index (χ4v) is 5.93. The first-order chi connectivity index (χ1) is 21.9. The predicted octanol–water partition coefficient (Wildman–Crippen LogP) is 6.77. The average Bonchev–Trinajstić information content (AvgIpc) is 3.63. The molecule has 0 spiro atoms. The normalized spacial score (nSPS) is 13.3. The third-order valence-corrected chi connectivity index (χ3v) is 8.02. The van der Waals surface area contributed by atoms with Gasteiger partial charge >= 0.3 is 0 Å². The molecule has 0 unspecified atom stereocenters. The Bertz CT molecular complexity index is 2020. The van der Waals surface area contributed by atoms with E-state index >= 15 is 0 Å². The molecule has 0 saturated carbocycles. The molecule has 1 fully saturated rings. The largest absolute Gasteiger partial charge is 0.378 e. The summed E-state index contributed by atoms with van der Waals surface area (Å²) in [7, 11) is 0. The maximum Gasteiger partial charge on any atom is 0.261 e. The molecular weight excluding hydrogens is 603 g/mol. The van der Waals surface area contributed by atoms with Crippen LogP contribution < -0.4 is 15.5 Å². The highest BCUT2D eigenvalue weighted by atomic mass is 32.1. The van der Waals surface area contributed by atoms with Crippen LogP contribution in [0.4, 0.5) is 36.2 Å². The van der Waals surface area contributed by atoms with Crippen molar-refractivity contribution in [2.24, 2.45) is 0 Å². The molecule has 13 heteroatoms. The van der Waals surface area contributed by atoms with Gasteiger partial charge in [0.05, 0.1) is 24.6 Å². The summed E-state index contributed by atoms with van der Waals surface area (Å²) < 4.78 is 50.3. The van der Waals surface area contributed by atoms with E-state index in [1.807, 2.05) is 28.1 Å².